The number of hydrogen-bond donors (Lipinski definition) is 0. The van der Waals surface area contributed by atoms with E-state index in [0.29, 0.717) is 0 Å². The molecule has 6 heavy (non-hydrogen) atoms. The van der Waals surface area contributed by atoms with Gasteiger partial charge in [0.15, 0.2) is 0 Å². The van der Waals surface area contributed by atoms with Gasteiger partial charge in [0.2, 0.25) is 0 Å². The van der Waals surface area contributed by atoms with Crippen LogP contribution in [0.25, 0.3) is 0 Å². The first-order valence-electron chi connectivity index (χ1n) is 1.67. The van der Waals surface area contributed by atoms with Crippen LogP contribution in [-0.2, 0) is 0 Å². The predicted octanol–water partition coefficient (Wildman–Crippen LogP) is -1.97. The van der Waals surface area contributed by atoms with Gasteiger partial charge in [-0.15, -0.1) is 0 Å². The fourth-order valence-electron chi connectivity index (χ4n) is 0.321. The fourth-order valence-corrected chi connectivity index (χ4v) is 0.321. The third kappa shape index (κ3) is 1.90. The van der Waals surface area contributed by atoms with Crippen molar-refractivity contribution in [2.45, 2.75) is 0 Å². The maximum Gasteiger partial charge on any atom is 1.00 e. The van der Waals surface area contributed by atoms with Crippen LogP contribution >= 0.6 is 0 Å². The average molecular weight is 72.0 g/mol. The minimum absolute atomic E-state index is 0. The summed E-state index contributed by atoms with van der Waals surface area (Å²) in [5, 5.41) is 0. The minimum atomic E-state index is 0. The molecule has 1 aliphatic rings. The van der Waals surface area contributed by atoms with Crippen LogP contribution < -0.4 is 18.9 Å². The van der Waals surface area contributed by atoms with Gasteiger partial charge in [0, 0.05) is 0 Å². The Bertz CT molecular complexity index is 15.5. The van der Waals surface area contributed by atoms with Crippen molar-refractivity contribution < 1.29 is 18.9 Å². The SMILES string of the molecule is [CH]1[CH][CH][CH][CH]1.[Li+]. The summed E-state index contributed by atoms with van der Waals surface area (Å²) in [6.07, 6.45) is 10.0. The molecular weight excluding hydrogens is 67.0 g/mol. The largest absolute Gasteiger partial charge is 1.00 e. The molecule has 1 aliphatic carbocycles. The molecule has 0 amide bonds. The van der Waals surface area contributed by atoms with Gasteiger partial charge >= 0.3 is 18.9 Å². The van der Waals surface area contributed by atoms with Gasteiger partial charge in [-0.2, -0.15) is 0 Å². The molecule has 0 N–H and O–H groups in total. The quantitative estimate of drug-likeness (QED) is 0.291. The molecule has 0 bridgehead atoms. The molecule has 1 rings (SSSR count). The molecule has 0 unspecified atom stereocenters. The summed E-state index contributed by atoms with van der Waals surface area (Å²) in [6.45, 7) is 0. The fraction of sp³-hybridized carbons (Fsp3) is 0. The van der Waals surface area contributed by atoms with Gasteiger partial charge in [0.25, 0.3) is 0 Å². The van der Waals surface area contributed by atoms with Crippen molar-refractivity contribution >= 4 is 0 Å². The van der Waals surface area contributed by atoms with Gasteiger partial charge in [-0.05, 0) is 32.1 Å². The Balaban J connectivity index is 0.000000250. The first-order valence-corrected chi connectivity index (χ1v) is 1.67. The van der Waals surface area contributed by atoms with Gasteiger partial charge in [0.05, 0.1) is 0 Å². The zero-order chi connectivity index (χ0) is 3.54. The summed E-state index contributed by atoms with van der Waals surface area (Å²) in [7, 11) is 0. The normalized spacial score (nSPS) is 20.0. The van der Waals surface area contributed by atoms with E-state index in [1.807, 2.05) is 32.1 Å². The van der Waals surface area contributed by atoms with E-state index in [2.05, 4.69) is 0 Å². The van der Waals surface area contributed by atoms with Crippen molar-refractivity contribution in [3.8, 4) is 0 Å². The van der Waals surface area contributed by atoms with Crippen LogP contribution in [-0.4, -0.2) is 0 Å². The van der Waals surface area contributed by atoms with E-state index >= 15 is 0 Å². The summed E-state index contributed by atoms with van der Waals surface area (Å²) in [6, 6.07) is 0. The Morgan fingerprint density at radius 1 is 0.500 bits per heavy atom. The van der Waals surface area contributed by atoms with Gasteiger partial charge in [0.1, 0.15) is 0 Å². The first-order chi connectivity index (χ1) is 2.50. The van der Waals surface area contributed by atoms with Gasteiger partial charge < -0.3 is 0 Å². The Labute approximate surface area is 51.5 Å². The molecule has 5 radical (unpaired) electrons. The molecule has 0 atom stereocenters. The molecule has 1 heteroatoms. The maximum atomic E-state index is 2.00. The second-order valence-electron chi connectivity index (χ2n) is 0.962. The van der Waals surface area contributed by atoms with E-state index in [9.17, 15) is 0 Å². The van der Waals surface area contributed by atoms with Crippen molar-refractivity contribution in [1.82, 2.24) is 0 Å². The second kappa shape index (κ2) is 3.78. The van der Waals surface area contributed by atoms with Crippen LogP contribution in [0.3, 0.4) is 0 Å². The first kappa shape index (κ1) is 6.60. The molecule has 25 valence electrons. The molecule has 0 nitrogen and oxygen atoms in total. The van der Waals surface area contributed by atoms with Crippen LogP contribution in [0.2, 0.25) is 0 Å². The number of rotatable bonds is 0. The van der Waals surface area contributed by atoms with Crippen molar-refractivity contribution in [2.75, 3.05) is 0 Å². The molecule has 0 saturated heterocycles. The topological polar surface area (TPSA) is 0 Å². The number of hydrogen-bond acceptors (Lipinski definition) is 0. The van der Waals surface area contributed by atoms with Crippen LogP contribution in [0.4, 0.5) is 0 Å². The van der Waals surface area contributed by atoms with Crippen LogP contribution in [0.1, 0.15) is 0 Å². The predicted molar refractivity (Wildman–Crippen MR) is 21.5 cm³/mol. The van der Waals surface area contributed by atoms with Gasteiger partial charge in [-0.3, -0.25) is 0 Å². The summed E-state index contributed by atoms with van der Waals surface area (Å²) in [5.74, 6) is 0. The molecular formula is C5H5Li+. The smallest absolute Gasteiger partial charge is 0.0312 e. The molecule has 0 heterocycles. The Kier molecular flexibility index (Phi) is 4.15. The Morgan fingerprint density at radius 2 is 0.667 bits per heavy atom. The molecule has 0 aromatic rings. The Morgan fingerprint density at radius 3 is 0.833 bits per heavy atom. The third-order valence-corrected chi connectivity index (χ3v) is 0.556. The van der Waals surface area contributed by atoms with Crippen molar-refractivity contribution in [3.05, 3.63) is 32.1 Å². The second-order valence-corrected chi connectivity index (χ2v) is 0.962. The van der Waals surface area contributed by atoms with E-state index in [0.717, 1.165) is 0 Å². The van der Waals surface area contributed by atoms with Crippen molar-refractivity contribution in [2.24, 2.45) is 0 Å². The van der Waals surface area contributed by atoms with Crippen LogP contribution in [0.15, 0.2) is 0 Å². The summed E-state index contributed by atoms with van der Waals surface area (Å²) in [5.41, 5.74) is 0. The zero-order valence-electron chi connectivity index (χ0n) is 3.89. The monoisotopic (exact) mass is 72.1 g/mol. The van der Waals surface area contributed by atoms with Gasteiger partial charge in [-0.25, -0.2) is 0 Å². The van der Waals surface area contributed by atoms with Crippen molar-refractivity contribution in [3.63, 3.8) is 0 Å². The summed E-state index contributed by atoms with van der Waals surface area (Å²) in [4.78, 5) is 0. The molecule has 1 saturated carbocycles. The van der Waals surface area contributed by atoms with E-state index in [1.165, 1.54) is 0 Å². The van der Waals surface area contributed by atoms with E-state index in [4.69, 9.17) is 0 Å². The van der Waals surface area contributed by atoms with Crippen LogP contribution in [0.5, 0.6) is 0 Å². The molecule has 0 spiro atoms. The van der Waals surface area contributed by atoms with E-state index in [-0.39, 0.29) is 18.9 Å². The zero-order valence-corrected chi connectivity index (χ0v) is 3.89. The molecule has 1 fully saturated rings. The standard InChI is InChI=1S/C5H5.Li/c1-2-4-5-3-1;/h1-5H;/q;+1. The van der Waals surface area contributed by atoms with Crippen molar-refractivity contribution in [1.29, 1.82) is 0 Å². The molecule has 0 aromatic heterocycles. The third-order valence-electron chi connectivity index (χ3n) is 0.556. The summed E-state index contributed by atoms with van der Waals surface area (Å²) < 4.78 is 0. The van der Waals surface area contributed by atoms with E-state index in [1.54, 1.807) is 0 Å². The van der Waals surface area contributed by atoms with Crippen LogP contribution in [0, 0.1) is 32.1 Å². The summed E-state index contributed by atoms with van der Waals surface area (Å²) >= 11 is 0. The average Bonchev–Trinajstić information content (AvgIpc) is 1.76. The molecule has 0 aromatic carbocycles. The Hall–Kier alpha value is 0.597. The molecule has 0 aliphatic heterocycles. The van der Waals surface area contributed by atoms with Gasteiger partial charge in [-0.1, -0.05) is 0 Å². The maximum absolute atomic E-state index is 2.00. The van der Waals surface area contributed by atoms with E-state index < -0.39 is 0 Å². The minimum Gasteiger partial charge on any atom is -0.0312 e.